The van der Waals surface area contributed by atoms with Gasteiger partial charge in [-0.1, -0.05) is 49.7 Å². The van der Waals surface area contributed by atoms with E-state index < -0.39 is 0 Å². The summed E-state index contributed by atoms with van der Waals surface area (Å²) in [6.45, 7) is 7.81. The van der Waals surface area contributed by atoms with Gasteiger partial charge in [-0.05, 0) is 48.1 Å². The number of hydrogen-bond acceptors (Lipinski definition) is 2. The Labute approximate surface area is 126 Å². The number of aryl methyl sites for hydroxylation is 1. The van der Waals surface area contributed by atoms with Crippen molar-refractivity contribution in [3.05, 3.63) is 53.6 Å². The first-order valence-corrected chi connectivity index (χ1v) is 7.40. The third-order valence-corrected chi connectivity index (χ3v) is 3.79. The summed E-state index contributed by atoms with van der Waals surface area (Å²) in [5, 5.41) is 0. The van der Waals surface area contributed by atoms with E-state index in [0.717, 1.165) is 17.5 Å². The van der Waals surface area contributed by atoms with Gasteiger partial charge in [-0.3, -0.25) is 4.79 Å². The second-order valence-electron chi connectivity index (χ2n) is 5.52. The van der Waals surface area contributed by atoms with Gasteiger partial charge in [-0.2, -0.15) is 0 Å². The van der Waals surface area contributed by atoms with E-state index in [9.17, 15) is 4.79 Å². The number of esters is 1. The predicted molar refractivity (Wildman–Crippen MR) is 86.6 cm³/mol. The van der Waals surface area contributed by atoms with Crippen molar-refractivity contribution in [2.24, 2.45) is 0 Å². The molecular weight excluding hydrogens is 260 g/mol. The third-order valence-electron chi connectivity index (χ3n) is 3.79. The number of rotatable bonds is 4. The Balaban J connectivity index is 2.45. The minimum absolute atomic E-state index is 0.275. The zero-order chi connectivity index (χ0) is 15.4. The molecule has 2 nitrogen and oxygen atoms in total. The molecule has 0 saturated carbocycles. The molecule has 2 aromatic carbocycles. The van der Waals surface area contributed by atoms with Crippen LogP contribution in [0.5, 0.6) is 5.75 Å². The fourth-order valence-corrected chi connectivity index (χ4v) is 2.33. The summed E-state index contributed by atoms with van der Waals surface area (Å²) in [4.78, 5) is 11.2. The summed E-state index contributed by atoms with van der Waals surface area (Å²) in [6, 6.07) is 14.5. The lowest BCUT2D eigenvalue weighted by molar-refractivity contribution is -0.131. The molecule has 0 bridgehead atoms. The lowest BCUT2D eigenvalue weighted by Crippen LogP contribution is -2.05. The van der Waals surface area contributed by atoms with Crippen LogP contribution in [-0.4, -0.2) is 5.97 Å². The molecule has 1 unspecified atom stereocenters. The molecule has 0 radical (unpaired) electrons. The Bertz CT molecular complexity index is 627. The standard InChI is InChI=1S/C19H22O2/c1-5-14(3)18-12-17(10-11-19(18)21-15(4)20)16-8-6-13(2)7-9-16/h6-12,14H,5H2,1-4H3. The molecule has 0 aliphatic carbocycles. The van der Waals surface area contributed by atoms with E-state index >= 15 is 0 Å². The van der Waals surface area contributed by atoms with Crippen molar-refractivity contribution >= 4 is 5.97 Å². The molecule has 0 amide bonds. The van der Waals surface area contributed by atoms with Gasteiger partial charge in [-0.25, -0.2) is 0 Å². The van der Waals surface area contributed by atoms with Crippen LogP contribution in [0, 0.1) is 6.92 Å². The number of ether oxygens (including phenoxy) is 1. The fourth-order valence-electron chi connectivity index (χ4n) is 2.33. The van der Waals surface area contributed by atoms with Crippen LogP contribution in [0.25, 0.3) is 11.1 Å². The van der Waals surface area contributed by atoms with E-state index in [0.29, 0.717) is 11.7 Å². The van der Waals surface area contributed by atoms with Crippen LogP contribution in [0.15, 0.2) is 42.5 Å². The molecule has 21 heavy (non-hydrogen) atoms. The lowest BCUT2D eigenvalue weighted by Gasteiger charge is -2.16. The van der Waals surface area contributed by atoms with Gasteiger partial charge in [0.25, 0.3) is 0 Å². The maximum atomic E-state index is 11.2. The number of hydrogen-bond donors (Lipinski definition) is 0. The van der Waals surface area contributed by atoms with Gasteiger partial charge < -0.3 is 4.74 Å². The maximum absolute atomic E-state index is 11.2. The van der Waals surface area contributed by atoms with E-state index in [4.69, 9.17) is 4.74 Å². The third kappa shape index (κ3) is 3.72. The number of carbonyl (C=O) groups excluding carboxylic acids is 1. The zero-order valence-corrected chi connectivity index (χ0v) is 13.1. The average molecular weight is 282 g/mol. The summed E-state index contributed by atoms with van der Waals surface area (Å²) < 4.78 is 5.34. The molecule has 0 saturated heterocycles. The quantitative estimate of drug-likeness (QED) is 0.576. The zero-order valence-electron chi connectivity index (χ0n) is 13.1. The first-order chi connectivity index (χ1) is 10.0. The van der Waals surface area contributed by atoms with Crippen LogP contribution >= 0.6 is 0 Å². The van der Waals surface area contributed by atoms with Gasteiger partial charge in [-0.15, -0.1) is 0 Å². The Morgan fingerprint density at radius 1 is 1.10 bits per heavy atom. The van der Waals surface area contributed by atoms with E-state index in [1.54, 1.807) is 0 Å². The maximum Gasteiger partial charge on any atom is 0.308 e. The molecule has 0 heterocycles. The SMILES string of the molecule is CCC(C)c1cc(-c2ccc(C)cc2)ccc1OC(C)=O. The van der Waals surface area contributed by atoms with Crippen molar-refractivity contribution in [1.29, 1.82) is 0 Å². The highest BCUT2D eigenvalue weighted by Crippen LogP contribution is 2.33. The highest BCUT2D eigenvalue weighted by atomic mass is 16.5. The molecule has 110 valence electrons. The molecule has 2 aromatic rings. The van der Waals surface area contributed by atoms with Crippen molar-refractivity contribution in [2.45, 2.75) is 40.0 Å². The Hall–Kier alpha value is -2.09. The normalized spacial score (nSPS) is 12.0. The highest BCUT2D eigenvalue weighted by molar-refractivity contribution is 5.72. The topological polar surface area (TPSA) is 26.3 Å². The smallest absolute Gasteiger partial charge is 0.308 e. The van der Waals surface area contributed by atoms with Crippen molar-refractivity contribution in [3.8, 4) is 16.9 Å². The number of benzene rings is 2. The van der Waals surface area contributed by atoms with Crippen LogP contribution in [-0.2, 0) is 4.79 Å². The summed E-state index contributed by atoms with van der Waals surface area (Å²) in [5.74, 6) is 0.750. The Morgan fingerprint density at radius 3 is 2.29 bits per heavy atom. The van der Waals surface area contributed by atoms with Crippen molar-refractivity contribution in [1.82, 2.24) is 0 Å². The van der Waals surface area contributed by atoms with E-state index in [1.807, 2.05) is 12.1 Å². The second-order valence-corrected chi connectivity index (χ2v) is 5.52. The van der Waals surface area contributed by atoms with Crippen LogP contribution in [0.2, 0.25) is 0 Å². The molecule has 0 N–H and O–H groups in total. The molecule has 0 aliphatic rings. The van der Waals surface area contributed by atoms with Gasteiger partial charge in [0.1, 0.15) is 5.75 Å². The van der Waals surface area contributed by atoms with Crippen molar-refractivity contribution < 1.29 is 9.53 Å². The summed E-state index contributed by atoms with van der Waals surface area (Å²) in [5.41, 5.74) is 4.67. The van der Waals surface area contributed by atoms with E-state index in [1.165, 1.54) is 18.1 Å². The monoisotopic (exact) mass is 282 g/mol. The molecule has 0 aliphatic heterocycles. The molecule has 1 atom stereocenters. The summed E-state index contributed by atoms with van der Waals surface area (Å²) >= 11 is 0. The highest BCUT2D eigenvalue weighted by Gasteiger charge is 2.13. The van der Waals surface area contributed by atoms with Gasteiger partial charge in [0.2, 0.25) is 0 Å². The summed E-state index contributed by atoms with van der Waals surface area (Å²) in [7, 11) is 0. The summed E-state index contributed by atoms with van der Waals surface area (Å²) in [6.07, 6.45) is 1.01. The van der Waals surface area contributed by atoms with Gasteiger partial charge in [0.05, 0.1) is 0 Å². The minimum atomic E-state index is -0.275. The molecule has 2 rings (SSSR count). The Kier molecular flexibility index (Phi) is 4.79. The first-order valence-electron chi connectivity index (χ1n) is 7.40. The number of carbonyl (C=O) groups is 1. The van der Waals surface area contributed by atoms with Crippen molar-refractivity contribution in [3.63, 3.8) is 0 Å². The fraction of sp³-hybridized carbons (Fsp3) is 0.316. The minimum Gasteiger partial charge on any atom is -0.426 e. The molecular formula is C19H22O2. The predicted octanol–water partition coefficient (Wildman–Crippen LogP) is 5.10. The van der Waals surface area contributed by atoms with Crippen LogP contribution < -0.4 is 4.74 Å². The molecule has 0 aromatic heterocycles. The van der Waals surface area contributed by atoms with E-state index in [2.05, 4.69) is 51.1 Å². The van der Waals surface area contributed by atoms with Crippen LogP contribution in [0.3, 0.4) is 0 Å². The average Bonchev–Trinajstić information content (AvgIpc) is 2.47. The Morgan fingerprint density at radius 2 is 1.71 bits per heavy atom. The largest absolute Gasteiger partial charge is 0.426 e. The van der Waals surface area contributed by atoms with Gasteiger partial charge >= 0.3 is 5.97 Å². The molecule has 2 heteroatoms. The van der Waals surface area contributed by atoms with Crippen molar-refractivity contribution in [2.75, 3.05) is 0 Å². The molecule has 0 fully saturated rings. The van der Waals surface area contributed by atoms with Gasteiger partial charge in [0.15, 0.2) is 0 Å². The van der Waals surface area contributed by atoms with E-state index in [-0.39, 0.29) is 5.97 Å². The lowest BCUT2D eigenvalue weighted by atomic mass is 9.93. The van der Waals surface area contributed by atoms with Gasteiger partial charge in [0, 0.05) is 6.92 Å². The van der Waals surface area contributed by atoms with Crippen LogP contribution in [0.1, 0.15) is 44.2 Å². The second kappa shape index (κ2) is 6.57. The molecule has 0 spiro atoms. The van der Waals surface area contributed by atoms with Crippen LogP contribution in [0.4, 0.5) is 0 Å². The first kappa shape index (κ1) is 15.3.